The second kappa shape index (κ2) is 11.2. The Morgan fingerprint density at radius 1 is 1.13 bits per heavy atom. The summed E-state index contributed by atoms with van der Waals surface area (Å²) in [6.07, 6.45) is 6.54. The highest BCUT2D eigenvalue weighted by atomic mass is 32.1. The van der Waals surface area contributed by atoms with Crippen molar-refractivity contribution in [3.8, 4) is 22.8 Å². The van der Waals surface area contributed by atoms with Gasteiger partial charge in [-0.15, -0.1) is 11.3 Å². The third-order valence-electron chi connectivity index (χ3n) is 4.42. The van der Waals surface area contributed by atoms with Crippen LogP contribution in [0.4, 0.5) is 5.13 Å². The van der Waals surface area contributed by atoms with Crippen LogP contribution in [0, 0.1) is 0 Å². The number of thiazole rings is 1. The number of anilines is 1. The van der Waals surface area contributed by atoms with Crippen LogP contribution in [-0.4, -0.2) is 24.6 Å². The number of hydrogen-bond acceptors (Lipinski definition) is 5. The molecule has 0 fully saturated rings. The Bertz CT molecular complexity index is 983. The minimum atomic E-state index is -0.233. The Hall–Kier alpha value is -3.12. The highest BCUT2D eigenvalue weighted by Crippen LogP contribution is 2.29. The predicted octanol–water partition coefficient (Wildman–Crippen LogP) is 6.04. The monoisotopic (exact) mass is 422 g/mol. The molecular formula is C24H26N2O3S. The van der Waals surface area contributed by atoms with Gasteiger partial charge in [-0.3, -0.25) is 10.1 Å². The maximum Gasteiger partial charge on any atom is 0.250 e. The van der Waals surface area contributed by atoms with E-state index in [9.17, 15) is 4.79 Å². The molecule has 30 heavy (non-hydrogen) atoms. The molecule has 0 atom stereocenters. The Kier molecular flexibility index (Phi) is 8.03. The normalized spacial score (nSPS) is 10.9. The van der Waals surface area contributed by atoms with E-state index in [-0.39, 0.29) is 5.91 Å². The van der Waals surface area contributed by atoms with Gasteiger partial charge in [-0.05, 0) is 30.2 Å². The molecule has 1 aromatic heterocycles. The summed E-state index contributed by atoms with van der Waals surface area (Å²) in [7, 11) is 1.61. The largest absolute Gasteiger partial charge is 0.493 e. The van der Waals surface area contributed by atoms with Gasteiger partial charge in [0.05, 0.1) is 19.4 Å². The van der Waals surface area contributed by atoms with Crippen LogP contribution in [-0.2, 0) is 4.79 Å². The second-order valence-electron chi connectivity index (χ2n) is 6.69. The fraction of sp³-hybridized carbons (Fsp3) is 0.250. The number of methoxy groups -OCH3 is 1. The van der Waals surface area contributed by atoms with Crippen LogP contribution in [0.15, 0.2) is 60.0 Å². The highest BCUT2D eigenvalue weighted by molar-refractivity contribution is 7.14. The fourth-order valence-electron chi connectivity index (χ4n) is 2.83. The van der Waals surface area contributed by atoms with Crippen molar-refractivity contribution in [2.75, 3.05) is 19.0 Å². The van der Waals surface area contributed by atoms with E-state index in [1.807, 2.05) is 53.9 Å². The van der Waals surface area contributed by atoms with E-state index in [0.717, 1.165) is 36.1 Å². The summed E-state index contributed by atoms with van der Waals surface area (Å²) >= 11 is 1.40. The van der Waals surface area contributed by atoms with Gasteiger partial charge < -0.3 is 9.47 Å². The van der Waals surface area contributed by atoms with Crippen LogP contribution >= 0.6 is 11.3 Å². The van der Waals surface area contributed by atoms with E-state index >= 15 is 0 Å². The molecule has 0 spiro atoms. The minimum Gasteiger partial charge on any atom is -0.493 e. The maximum atomic E-state index is 12.3. The SMILES string of the molecule is CCCCCOc1ccc(C=CC(=O)Nc2nc(-c3ccccc3)cs2)cc1OC. The number of carbonyl (C=O) groups is 1. The first-order valence-corrected chi connectivity index (χ1v) is 10.9. The van der Waals surface area contributed by atoms with E-state index in [2.05, 4.69) is 17.2 Å². The lowest BCUT2D eigenvalue weighted by molar-refractivity contribution is -0.111. The Morgan fingerprint density at radius 2 is 1.97 bits per heavy atom. The lowest BCUT2D eigenvalue weighted by Crippen LogP contribution is -2.07. The smallest absolute Gasteiger partial charge is 0.250 e. The van der Waals surface area contributed by atoms with Crippen molar-refractivity contribution in [2.45, 2.75) is 26.2 Å². The number of nitrogens with one attached hydrogen (secondary N) is 1. The number of aromatic nitrogens is 1. The maximum absolute atomic E-state index is 12.3. The summed E-state index contributed by atoms with van der Waals surface area (Å²) in [6.45, 7) is 2.83. The minimum absolute atomic E-state index is 0.233. The predicted molar refractivity (Wildman–Crippen MR) is 123 cm³/mol. The van der Waals surface area contributed by atoms with E-state index in [1.165, 1.54) is 17.4 Å². The van der Waals surface area contributed by atoms with Gasteiger partial charge in [0.15, 0.2) is 16.6 Å². The van der Waals surface area contributed by atoms with Crippen molar-refractivity contribution in [1.82, 2.24) is 4.98 Å². The van der Waals surface area contributed by atoms with Crippen LogP contribution in [0.25, 0.3) is 17.3 Å². The summed E-state index contributed by atoms with van der Waals surface area (Å²) < 4.78 is 11.2. The van der Waals surface area contributed by atoms with Crippen LogP contribution in [0.2, 0.25) is 0 Å². The molecule has 0 saturated carbocycles. The van der Waals surface area contributed by atoms with Crippen LogP contribution < -0.4 is 14.8 Å². The van der Waals surface area contributed by atoms with E-state index in [1.54, 1.807) is 13.2 Å². The molecule has 1 heterocycles. The molecular weight excluding hydrogens is 396 g/mol. The zero-order valence-electron chi connectivity index (χ0n) is 17.3. The van der Waals surface area contributed by atoms with Crippen molar-refractivity contribution in [3.63, 3.8) is 0 Å². The average molecular weight is 423 g/mol. The van der Waals surface area contributed by atoms with Gasteiger partial charge in [0, 0.05) is 17.0 Å². The Morgan fingerprint density at radius 3 is 2.73 bits per heavy atom. The summed E-state index contributed by atoms with van der Waals surface area (Å²) in [4.78, 5) is 16.7. The Labute approximate surface area is 181 Å². The third kappa shape index (κ3) is 6.19. The molecule has 0 radical (unpaired) electrons. The molecule has 0 bridgehead atoms. The number of amides is 1. The van der Waals surface area contributed by atoms with Gasteiger partial charge in [-0.25, -0.2) is 4.98 Å². The number of unbranched alkanes of at least 4 members (excludes halogenated alkanes) is 2. The molecule has 2 aromatic carbocycles. The van der Waals surface area contributed by atoms with Gasteiger partial charge in [-0.2, -0.15) is 0 Å². The number of carbonyl (C=O) groups excluding carboxylic acids is 1. The van der Waals surface area contributed by atoms with Crippen LogP contribution in [0.3, 0.4) is 0 Å². The molecule has 156 valence electrons. The number of ether oxygens (including phenoxy) is 2. The first-order valence-electron chi connectivity index (χ1n) is 10.0. The Balaban J connectivity index is 1.58. The zero-order chi connectivity index (χ0) is 21.2. The third-order valence-corrected chi connectivity index (χ3v) is 5.18. The van der Waals surface area contributed by atoms with Gasteiger partial charge in [0.2, 0.25) is 5.91 Å². The van der Waals surface area contributed by atoms with E-state index in [4.69, 9.17) is 9.47 Å². The summed E-state index contributed by atoms with van der Waals surface area (Å²) in [5, 5.41) is 5.30. The topological polar surface area (TPSA) is 60.5 Å². The molecule has 0 saturated heterocycles. The van der Waals surface area contributed by atoms with Crippen molar-refractivity contribution >= 4 is 28.5 Å². The van der Waals surface area contributed by atoms with Crippen molar-refractivity contribution < 1.29 is 14.3 Å². The average Bonchev–Trinajstić information content (AvgIpc) is 3.24. The number of benzene rings is 2. The first-order chi connectivity index (χ1) is 14.7. The second-order valence-corrected chi connectivity index (χ2v) is 7.55. The number of rotatable bonds is 10. The lowest BCUT2D eigenvalue weighted by atomic mass is 10.2. The number of nitrogens with zero attached hydrogens (tertiary/aromatic N) is 1. The fourth-order valence-corrected chi connectivity index (χ4v) is 3.56. The standard InChI is InChI=1S/C24H26N2O3S/c1-3-4-8-15-29-21-13-11-18(16-22(21)28-2)12-14-23(27)26-24-25-20(17-30-24)19-9-6-5-7-10-19/h5-7,9-14,16-17H,3-4,8,15H2,1-2H3,(H,25,26,27). The van der Waals surface area contributed by atoms with Gasteiger partial charge in [0.1, 0.15) is 0 Å². The zero-order valence-corrected chi connectivity index (χ0v) is 18.1. The molecule has 1 amide bonds. The van der Waals surface area contributed by atoms with E-state index < -0.39 is 0 Å². The van der Waals surface area contributed by atoms with Crippen molar-refractivity contribution in [3.05, 3.63) is 65.6 Å². The summed E-state index contributed by atoms with van der Waals surface area (Å²) in [5.74, 6) is 1.13. The highest BCUT2D eigenvalue weighted by Gasteiger charge is 2.07. The van der Waals surface area contributed by atoms with Gasteiger partial charge in [-0.1, -0.05) is 56.2 Å². The van der Waals surface area contributed by atoms with Crippen molar-refractivity contribution in [2.24, 2.45) is 0 Å². The molecule has 5 nitrogen and oxygen atoms in total. The van der Waals surface area contributed by atoms with Gasteiger partial charge >= 0.3 is 0 Å². The quantitative estimate of drug-likeness (QED) is 0.320. The molecule has 0 unspecified atom stereocenters. The molecule has 3 rings (SSSR count). The molecule has 3 aromatic rings. The molecule has 0 aliphatic heterocycles. The molecule has 6 heteroatoms. The van der Waals surface area contributed by atoms with Crippen molar-refractivity contribution in [1.29, 1.82) is 0 Å². The van der Waals surface area contributed by atoms with E-state index in [0.29, 0.717) is 23.2 Å². The molecule has 0 aliphatic rings. The number of hydrogen-bond donors (Lipinski definition) is 1. The first kappa shape index (κ1) is 21.6. The van der Waals surface area contributed by atoms with Gasteiger partial charge in [0.25, 0.3) is 0 Å². The van der Waals surface area contributed by atoms with Crippen LogP contribution in [0.5, 0.6) is 11.5 Å². The summed E-state index contributed by atoms with van der Waals surface area (Å²) in [6, 6.07) is 15.5. The summed E-state index contributed by atoms with van der Waals surface area (Å²) in [5.41, 5.74) is 2.72. The van der Waals surface area contributed by atoms with Crippen LogP contribution in [0.1, 0.15) is 31.7 Å². The molecule has 1 N–H and O–H groups in total. The molecule has 0 aliphatic carbocycles. The lowest BCUT2D eigenvalue weighted by Gasteiger charge is -2.11.